The first-order chi connectivity index (χ1) is 13.3. The van der Waals surface area contributed by atoms with Gasteiger partial charge in [0.15, 0.2) is 0 Å². The van der Waals surface area contributed by atoms with E-state index in [1.165, 1.54) is 18.2 Å². The van der Waals surface area contributed by atoms with E-state index in [1.807, 2.05) is 4.90 Å². The van der Waals surface area contributed by atoms with E-state index in [0.717, 1.165) is 10.6 Å². The van der Waals surface area contributed by atoms with E-state index in [-0.39, 0.29) is 11.4 Å². The summed E-state index contributed by atoms with van der Waals surface area (Å²) >= 11 is 0. The second-order valence-corrected chi connectivity index (χ2v) is 7.17. The van der Waals surface area contributed by atoms with Crippen molar-refractivity contribution in [1.82, 2.24) is 4.90 Å². The van der Waals surface area contributed by atoms with Crippen molar-refractivity contribution in [2.45, 2.75) is 24.7 Å². The van der Waals surface area contributed by atoms with Gasteiger partial charge in [0, 0.05) is 37.3 Å². The molecule has 1 fully saturated rings. The Bertz CT molecular complexity index is 874. The van der Waals surface area contributed by atoms with Crippen LogP contribution in [0.25, 0.3) is 0 Å². The lowest BCUT2D eigenvalue weighted by Gasteiger charge is -2.52. The summed E-state index contributed by atoms with van der Waals surface area (Å²) in [6.45, 7) is -0.408. The highest BCUT2D eigenvalue weighted by molar-refractivity contribution is 6.02. The number of amides is 1. The van der Waals surface area contributed by atoms with Crippen LogP contribution in [-0.2, 0) is 0 Å². The van der Waals surface area contributed by atoms with Gasteiger partial charge >= 0.3 is 6.18 Å². The number of carbonyl (C=O) groups is 1. The lowest BCUT2D eigenvalue weighted by atomic mass is 9.89. The van der Waals surface area contributed by atoms with Crippen LogP contribution in [-0.4, -0.2) is 42.3 Å². The average Bonchev–Trinajstić information content (AvgIpc) is 2.66. The zero-order valence-electron chi connectivity index (χ0n) is 15.0. The number of nitrogens with one attached hydrogen (secondary N) is 1. The fourth-order valence-electron chi connectivity index (χ4n) is 4.02. The number of piperidine rings is 1. The highest BCUT2D eigenvalue weighted by atomic mass is 19.4. The number of alkyl halides is 3. The van der Waals surface area contributed by atoms with Gasteiger partial charge in [0.25, 0.3) is 5.91 Å². The summed E-state index contributed by atoms with van der Waals surface area (Å²) < 4.78 is 52.9. The van der Waals surface area contributed by atoms with Crippen LogP contribution in [0.1, 0.15) is 23.2 Å². The van der Waals surface area contributed by atoms with Crippen molar-refractivity contribution in [2.75, 3.05) is 29.9 Å². The van der Waals surface area contributed by atoms with E-state index in [4.69, 9.17) is 0 Å². The molecule has 0 radical (unpaired) electrons. The van der Waals surface area contributed by atoms with Gasteiger partial charge in [-0.3, -0.25) is 4.79 Å². The fourth-order valence-corrected chi connectivity index (χ4v) is 4.02. The number of halogens is 4. The van der Waals surface area contributed by atoms with Crippen LogP contribution in [0.5, 0.6) is 0 Å². The molecule has 1 saturated heterocycles. The molecule has 148 valence electrons. The van der Waals surface area contributed by atoms with Gasteiger partial charge in [0.1, 0.15) is 18.0 Å². The highest BCUT2D eigenvalue weighted by Crippen LogP contribution is 2.40. The van der Waals surface area contributed by atoms with Crippen LogP contribution < -0.4 is 10.2 Å². The van der Waals surface area contributed by atoms with Crippen LogP contribution in [0.2, 0.25) is 0 Å². The second kappa shape index (κ2) is 6.68. The van der Waals surface area contributed by atoms with E-state index in [2.05, 4.69) is 5.32 Å². The summed E-state index contributed by atoms with van der Waals surface area (Å²) in [5.41, 5.74) is 0.512. The molecule has 4 rings (SSSR count). The highest BCUT2D eigenvalue weighted by Gasteiger charge is 2.50. The van der Waals surface area contributed by atoms with Crippen molar-refractivity contribution in [1.29, 1.82) is 0 Å². The molecule has 0 saturated carbocycles. The van der Waals surface area contributed by atoms with Crippen LogP contribution in [0, 0.1) is 5.82 Å². The third kappa shape index (κ3) is 3.39. The molecule has 0 aliphatic carbocycles. The second-order valence-electron chi connectivity index (χ2n) is 7.17. The predicted octanol–water partition coefficient (Wildman–Crippen LogP) is 4.25. The molecule has 0 unspecified atom stereocenters. The van der Waals surface area contributed by atoms with Gasteiger partial charge < -0.3 is 15.1 Å². The van der Waals surface area contributed by atoms with Gasteiger partial charge in [-0.25, -0.2) is 4.39 Å². The smallest absolute Gasteiger partial charge is 0.371 e. The molecule has 28 heavy (non-hydrogen) atoms. The summed E-state index contributed by atoms with van der Waals surface area (Å²) in [6.07, 6.45) is -3.86. The molecule has 0 bridgehead atoms. The zero-order chi connectivity index (χ0) is 19.9. The quantitative estimate of drug-likeness (QED) is 0.775. The molecule has 2 aliphatic heterocycles. The number of rotatable bonds is 2. The SMILES string of the molecule is O=C1c2ccccc2NC2(CCN(c3ccc(F)cc3)CC2)N1CC(F)(F)F. The molecule has 2 aliphatic rings. The van der Waals surface area contributed by atoms with Gasteiger partial charge in [-0.05, 0) is 36.4 Å². The molecule has 1 amide bonds. The van der Waals surface area contributed by atoms with Crippen molar-refractivity contribution in [3.63, 3.8) is 0 Å². The minimum Gasteiger partial charge on any atom is -0.371 e. The number of anilines is 2. The summed E-state index contributed by atoms with van der Waals surface area (Å²) in [7, 11) is 0. The maximum absolute atomic E-state index is 13.2. The third-order valence-electron chi connectivity index (χ3n) is 5.41. The minimum atomic E-state index is -4.50. The van der Waals surface area contributed by atoms with Crippen LogP contribution >= 0.6 is 0 Å². The maximum atomic E-state index is 13.2. The Morgan fingerprint density at radius 3 is 2.29 bits per heavy atom. The van der Waals surface area contributed by atoms with Crippen molar-refractivity contribution in [3.8, 4) is 0 Å². The van der Waals surface area contributed by atoms with Gasteiger partial charge in [-0.15, -0.1) is 0 Å². The monoisotopic (exact) mass is 393 g/mol. The molecule has 1 N–H and O–H groups in total. The molecule has 2 heterocycles. The van der Waals surface area contributed by atoms with E-state index in [9.17, 15) is 22.4 Å². The summed E-state index contributed by atoms with van der Waals surface area (Å²) in [5.74, 6) is -0.952. The summed E-state index contributed by atoms with van der Waals surface area (Å²) in [5, 5.41) is 3.21. The Morgan fingerprint density at radius 2 is 1.64 bits per heavy atom. The minimum absolute atomic E-state index is 0.248. The zero-order valence-corrected chi connectivity index (χ0v) is 15.0. The van der Waals surface area contributed by atoms with E-state index in [1.54, 1.807) is 30.3 Å². The van der Waals surface area contributed by atoms with Crippen molar-refractivity contribution in [3.05, 3.63) is 59.9 Å². The number of nitrogens with zero attached hydrogens (tertiary/aromatic N) is 2. The molecular formula is C20H19F4N3O. The molecule has 2 aromatic rings. The van der Waals surface area contributed by atoms with Crippen molar-refractivity contribution < 1.29 is 22.4 Å². The van der Waals surface area contributed by atoms with Gasteiger partial charge in [-0.2, -0.15) is 13.2 Å². The summed E-state index contributed by atoms with van der Waals surface area (Å²) in [6, 6.07) is 12.6. The predicted molar refractivity (Wildman–Crippen MR) is 97.7 cm³/mol. The molecule has 1 spiro atoms. The lowest BCUT2D eigenvalue weighted by molar-refractivity contribution is -0.151. The first-order valence-corrected chi connectivity index (χ1v) is 9.04. The molecule has 2 aromatic carbocycles. The average molecular weight is 393 g/mol. The number of benzene rings is 2. The number of para-hydroxylation sites is 1. The molecular weight excluding hydrogens is 374 g/mol. The maximum Gasteiger partial charge on any atom is 0.406 e. The number of fused-ring (bicyclic) bond motifs is 1. The Labute approximate surface area is 159 Å². The number of carbonyl (C=O) groups excluding carboxylic acids is 1. The fraction of sp³-hybridized carbons (Fsp3) is 0.350. The normalized spacial score (nSPS) is 18.8. The Hall–Kier alpha value is -2.77. The number of hydrogen-bond donors (Lipinski definition) is 1. The van der Waals surface area contributed by atoms with Gasteiger partial charge in [0.05, 0.1) is 5.56 Å². The van der Waals surface area contributed by atoms with Gasteiger partial charge in [-0.1, -0.05) is 12.1 Å². The van der Waals surface area contributed by atoms with Crippen LogP contribution in [0.15, 0.2) is 48.5 Å². The third-order valence-corrected chi connectivity index (χ3v) is 5.41. The molecule has 0 atom stereocenters. The Morgan fingerprint density at radius 1 is 1.00 bits per heavy atom. The largest absolute Gasteiger partial charge is 0.406 e. The van der Waals surface area contributed by atoms with E-state index < -0.39 is 24.3 Å². The van der Waals surface area contributed by atoms with Crippen molar-refractivity contribution in [2.24, 2.45) is 0 Å². The molecule has 4 nitrogen and oxygen atoms in total. The first-order valence-electron chi connectivity index (χ1n) is 9.04. The Balaban J connectivity index is 1.62. The summed E-state index contributed by atoms with van der Waals surface area (Å²) in [4.78, 5) is 15.8. The van der Waals surface area contributed by atoms with E-state index >= 15 is 0 Å². The van der Waals surface area contributed by atoms with Gasteiger partial charge in [0.2, 0.25) is 0 Å². The van der Waals surface area contributed by atoms with Crippen LogP contribution in [0.3, 0.4) is 0 Å². The lowest BCUT2D eigenvalue weighted by Crippen LogP contribution is -2.65. The first kappa shape index (κ1) is 18.6. The van der Waals surface area contributed by atoms with E-state index in [0.29, 0.717) is 31.6 Å². The van der Waals surface area contributed by atoms with Crippen LogP contribution in [0.4, 0.5) is 28.9 Å². The number of hydrogen-bond acceptors (Lipinski definition) is 3. The molecule has 0 aromatic heterocycles. The standard InChI is InChI=1S/C20H19F4N3O/c21-14-5-7-15(8-6-14)26-11-9-19(10-12-26)25-17-4-2-1-3-16(17)18(28)27(19)13-20(22,23)24/h1-8,25H,9-13H2. The topological polar surface area (TPSA) is 35.6 Å². The Kier molecular flexibility index (Phi) is 4.44. The molecule has 8 heteroatoms. The van der Waals surface area contributed by atoms with Crippen molar-refractivity contribution >= 4 is 17.3 Å².